The van der Waals surface area contributed by atoms with E-state index in [0.29, 0.717) is 0 Å². The molecule has 0 heterocycles. The number of hydrogen-bond donors (Lipinski definition) is 1. The van der Waals surface area contributed by atoms with Gasteiger partial charge < -0.3 is 5.32 Å². The molecule has 0 fully saturated rings. The van der Waals surface area contributed by atoms with Gasteiger partial charge in [0.05, 0.1) is 6.04 Å². The Bertz CT molecular complexity index is 354. The van der Waals surface area contributed by atoms with Crippen molar-refractivity contribution in [3.8, 4) is 0 Å². The molecule has 2 heteroatoms. The number of benzene rings is 1. The number of halogens is 1. The van der Waals surface area contributed by atoms with Crippen molar-refractivity contribution < 1.29 is 4.39 Å². The molecule has 0 saturated heterocycles. The third-order valence-corrected chi connectivity index (χ3v) is 2.32. The summed E-state index contributed by atoms with van der Waals surface area (Å²) in [6.07, 6.45) is 3.20. The van der Waals surface area contributed by atoms with E-state index >= 15 is 0 Å². The zero-order valence-corrected chi connectivity index (χ0v) is 10.3. The predicted molar refractivity (Wildman–Crippen MR) is 66.9 cm³/mol. The maximum absolute atomic E-state index is 13.1. The van der Waals surface area contributed by atoms with Crippen LogP contribution in [0.1, 0.15) is 38.8 Å². The molecule has 88 valence electrons. The topological polar surface area (TPSA) is 12.0 Å². The van der Waals surface area contributed by atoms with Gasteiger partial charge >= 0.3 is 0 Å². The first-order chi connectivity index (χ1) is 7.63. The summed E-state index contributed by atoms with van der Waals surface area (Å²) in [5.41, 5.74) is 2.22. The molecule has 0 aliphatic carbocycles. The summed E-state index contributed by atoms with van der Waals surface area (Å²) in [6.45, 7) is 7.17. The summed E-state index contributed by atoms with van der Waals surface area (Å²) in [7, 11) is 0. The second-order valence-electron chi connectivity index (χ2n) is 4.23. The molecule has 0 saturated carbocycles. The average Bonchev–Trinajstić information content (AvgIpc) is 2.23. The summed E-state index contributed by atoms with van der Waals surface area (Å²) in [5.74, 6) is -0.178. The molecule has 0 aliphatic rings. The Kier molecular flexibility index (Phi) is 5.20. The molecular formula is C14H20FN. The van der Waals surface area contributed by atoms with Gasteiger partial charge in [0.2, 0.25) is 0 Å². The van der Waals surface area contributed by atoms with E-state index in [9.17, 15) is 4.39 Å². The molecule has 1 rings (SSSR count). The maximum atomic E-state index is 13.1. The van der Waals surface area contributed by atoms with Crippen LogP contribution in [0.15, 0.2) is 35.9 Å². The molecule has 1 aromatic rings. The average molecular weight is 221 g/mol. The predicted octanol–water partition coefficient (Wildman–Crippen LogP) is 3.83. The van der Waals surface area contributed by atoms with Crippen LogP contribution in [-0.2, 0) is 0 Å². The Hall–Kier alpha value is -1.15. The Morgan fingerprint density at radius 1 is 1.44 bits per heavy atom. The van der Waals surface area contributed by atoms with Gasteiger partial charge in [-0.1, -0.05) is 30.7 Å². The van der Waals surface area contributed by atoms with Gasteiger partial charge in [0.15, 0.2) is 0 Å². The van der Waals surface area contributed by atoms with Gasteiger partial charge in [-0.25, -0.2) is 4.39 Å². The van der Waals surface area contributed by atoms with E-state index in [1.165, 1.54) is 11.6 Å². The van der Waals surface area contributed by atoms with Crippen LogP contribution < -0.4 is 5.32 Å². The van der Waals surface area contributed by atoms with Crippen LogP contribution in [0.3, 0.4) is 0 Å². The van der Waals surface area contributed by atoms with E-state index in [0.717, 1.165) is 18.5 Å². The van der Waals surface area contributed by atoms with Gasteiger partial charge in [-0.15, -0.1) is 0 Å². The fraction of sp³-hybridized carbons (Fsp3) is 0.429. The van der Waals surface area contributed by atoms with E-state index in [4.69, 9.17) is 0 Å². The van der Waals surface area contributed by atoms with E-state index in [-0.39, 0.29) is 11.9 Å². The lowest BCUT2D eigenvalue weighted by molar-refractivity contribution is 0.594. The first kappa shape index (κ1) is 12.9. The van der Waals surface area contributed by atoms with Crippen LogP contribution in [0, 0.1) is 5.82 Å². The monoisotopic (exact) mass is 221 g/mol. The highest BCUT2D eigenvalue weighted by Gasteiger charge is 2.07. The van der Waals surface area contributed by atoms with Crippen molar-refractivity contribution in [2.45, 2.75) is 33.2 Å². The Balaban J connectivity index is 2.87. The normalized spacial score (nSPS) is 12.2. The third kappa shape index (κ3) is 4.15. The molecule has 1 N–H and O–H groups in total. The lowest BCUT2D eigenvalue weighted by Gasteiger charge is -2.16. The standard InChI is InChI=1S/C14H20FN/c1-4-8-16-14(9-11(2)3)12-6-5-7-13(15)10-12/h5-7,9-10,14,16H,4,8H2,1-3H3. The molecule has 0 radical (unpaired) electrons. The van der Waals surface area contributed by atoms with Gasteiger partial charge in [0.25, 0.3) is 0 Å². The first-order valence-corrected chi connectivity index (χ1v) is 5.77. The molecular weight excluding hydrogens is 201 g/mol. The highest BCUT2D eigenvalue weighted by atomic mass is 19.1. The molecule has 1 atom stereocenters. The fourth-order valence-corrected chi connectivity index (χ4v) is 1.61. The van der Waals surface area contributed by atoms with Crippen molar-refractivity contribution in [1.29, 1.82) is 0 Å². The molecule has 0 aliphatic heterocycles. The van der Waals surface area contributed by atoms with Crippen molar-refractivity contribution in [3.63, 3.8) is 0 Å². The van der Waals surface area contributed by atoms with Gasteiger partial charge in [-0.05, 0) is 44.5 Å². The second-order valence-corrected chi connectivity index (χ2v) is 4.23. The quantitative estimate of drug-likeness (QED) is 0.745. The lowest BCUT2D eigenvalue weighted by atomic mass is 10.0. The minimum atomic E-state index is -0.178. The summed E-state index contributed by atoms with van der Waals surface area (Å²) in [5, 5.41) is 3.40. The zero-order valence-electron chi connectivity index (χ0n) is 10.3. The molecule has 1 nitrogen and oxygen atoms in total. The highest BCUT2D eigenvalue weighted by molar-refractivity contribution is 5.25. The van der Waals surface area contributed by atoms with Gasteiger partial charge in [-0.2, -0.15) is 0 Å². The van der Waals surface area contributed by atoms with Crippen molar-refractivity contribution >= 4 is 0 Å². The van der Waals surface area contributed by atoms with E-state index in [1.54, 1.807) is 12.1 Å². The summed E-state index contributed by atoms with van der Waals surface area (Å²) < 4.78 is 13.1. The molecule has 0 spiro atoms. The summed E-state index contributed by atoms with van der Waals surface area (Å²) >= 11 is 0. The van der Waals surface area contributed by atoms with E-state index in [1.807, 2.05) is 6.07 Å². The van der Waals surface area contributed by atoms with E-state index < -0.39 is 0 Å². The first-order valence-electron chi connectivity index (χ1n) is 5.77. The Labute approximate surface area is 97.4 Å². The lowest BCUT2D eigenvalue weighted by Crippen LogP contribution is -2.20. The van der Waals surface area contributed by atoms with Gasteiger partial charge in [0.1, 0.15) is 5.82 Å². The smallest absolute Gasteiger partial charge is 0.123 e. The van der Waals surface area contributed by atoms with Crippen molar-refractivity contribution in [2.24, 2.45) is 0 Å². The number of nitrogens with one attached hydrogen (secondary N) is 1. The van der Waals surface area contributed by atoms with Gasteiger partial charge in [-0.3, -0.25) is 0 Å². The number of rotatable bonds is 5. The maximum Gasteiger partial charge on any atom is 0.123 e. The number of hydrogen-bond acceptors (Lipinski definition) is 1. The van der Waals surface area contributed by atoms with Crippen LogP contribution in [-0.4, -0.2) is 6.54 Å². The van der Waals surface area contributed by atoms with Crippen LogP contribution in [0.4, 0.5) is 4.39 Å². The van der Waals surface area contributed by atoms with E-state index in [2.05, 4.69) is 32.2 Å². The summed E-state index contributed by atoms with van der Waals surface area (Å²) in [4.78, 5) is 0. The van der Waals surface area contributed by atoms with Crippen LogP contribution >= 0.6 is 0 Å². The fourth-order valence-electron chi connectivity index (χ4n) is 1.61. The van der Waals surface area contributed by atoms with Crippen molar-refractivity contribution in [3.05, 3.63) is 47.3 Å². The molecule has 0 aromatic heterocycles. The molecule has 0 amide bonds. The third-order valence-electron chi connectivity index (χ3n) is 2.32. The largest absolute Gasteiger partial charge is 0.307 e. The molecule has 0 bridgehead atoms. The van der Waals surface area contributed by atoms with Crippen LogP contribution in [0.25, 0.3) is 0 Å². The minimum Gasteiger partial charge on any atom is -0.307 e. The van der Waals surface area contributed by atoms with Gasteiger partial charge in [0, 0.05) is 0 Å². The highest BCUT2D eigenvalue weighted by Crippen LogP contribution is 2.17. The van der Waals surface area contributed by atoms with Crippen molar-refractivity contribution in [1.82, 2.24) is 5.32 Å². The zero-order chi connectivity index (χ0) is 12.0. The SMILES string of the molecule is CCCNC(C=C(C)C)c1cccc(F)c1. The minimum absolute atomic E-state index is 0.112. The van der Waals surface area contributed by atoms with Crippen molar-refractivity contribution in [2.75, 3.05) is 6.54 Å². The molecule has 16 heavy (non-hydrogen) atoms. The second kappa shape index (κ2) is 6.44. The summed E-state index contributed by atoms with van der Waals surface area (Å²) in [6, 6.07) is 6.89. The molecule has 1 unspecified atom stereocenters. The van der Waals surface area contributed by atoms with Crippen LogP contribution in [0.5, 0.6) is 0 Å². The Morgan fingerprint density at radius 3 is 2.75 bits per heavy atom. The van der Waals surface area contributed by atoms with Crippen LogP contribution in [0.2, 0.25) is 0 Å². The Morgan fingerprint density at radius 2 is 2.19 bits per heavy atom. The number of allylic oxidation sites excluding steroid dienone is 1. The molecule has 1 aromatic carbocycles.